The second-order valence-corrected chi connectivity index (χ2v) is 22.0. The Balaban J connectivity index is 1.31. The fraction of sp³-hybridized carbons (Fsp3) is 0.527. The fourth-order valence-corrected chi connectivity index (χ4v) is 9.63. The zero-order valence-corrected chi connectivity index (χ0v) is 48.5. The van der Waals surface area contributed by atoms with Gasteiger partial charge in [-0.3, -0.25) is 39.9 Å². The van der Waals surface area contributed by atoms with Crippen molar-refractivity contribution in [2.45, 2.75) is 153 Å². The summed E-state index contributed by atoms with van der Waals surface area (Å²) in [6.45, 7) is 6.98. The maximum absolute atomic E-state index is 14.1. The van der Waals surface area contributed by atoms with Gasteiger partial charge in [-0.1, -0.05) is 6.92 Å². The zero-order chi connectivity index (χ0) is 63.9. The van der Waals surface area contributed by atoms with E-state index in [0.717, 1.165) is 4.90 Å². The van der Waals surface area contributed by atoms with Crippen LogP contribution in [-0.2, 0) is 67.3 Å². The Bertz CT molecular complexity index is 2960. The van der Waals surface area contributed by atoms with Gasteiger partial charge in [0.2, 0.25) is 18.1 Å². The molecular weight excluding hydrogens is 1150 g/mol. The van der Waals surface area contributed by atoms with E-state index in [9.17, 15) is 74.4 Å². The van der Waals surface area contributed by atoms with Crippen molar-refractivity contribution >= 4 is 53.2 Å². The van der Waals surface area contributed by atoms with Gasteiger partial charge in [0, 0.05) is 62.8 Å². The Kier molecular flexibility index (Phi) is 23.2. The number of nitrogens with one attached hydrogen (secondary N) is 5. The molecule has 1 saturated heterocycles. The number of carbonyl (C=O) groups excluding carboxylic acids is 6. The van der Waals surface area contributed by atoms with Crippen LogP contribution >= 0.6 is 0 Å². The topological polar surface area (TPSA) is 430 Å². The molecule has 0 bridgehead atoms. The van der Waals surface area contributed by atoms with E-state index in [2.05, 4.69) is 26.6 Å². The van der Waals surface area contributed by atoms with Gasteiger partial charge in [0.15, 0.2) is 6.29 Å². The summed E-state index contributed by atoms with van der Waals surface area (Å²) in [6, 6.07) is 10.5. The van der Waals surface area contributed by atoms with E-state index in [1.807, 2.05) is 0 Å². The molecule has 1 saturated carbocycles. The summed E-state index contributed by atoms with van der Waals surface area (Å²) in [5.41, 5.74) is -2.33. The number of benzene rings is 3. The van der Waals surface area contributed by atoms with E-state index in [-0.39, 0.29) is 62.0 Å². The predicted octanol–water partition coefficient (Wildman–Crippen LogP) is 3.74. The van der Waals surface area contributed by atoms with Gasteiger partial charge >= 0.3 is 24.4 Å². The summed E-state index contributed by atoms with van der Waals surface area (Å²) in [6.07, 6.45) is -12.8. The van der Waals surface area contributed by atoms with Gasteiger partial charge in [0.05, 0.1) is 64.3 Å². The second-order valence-electron chi connectivity index (χ2n) is 22.0. The van der Waals surface area contributed by atoms with Gasteiger partial charge < -0.3 is 84.7 Å². The van der Waals surface area contributed by atoms with Crippen molar-refractivity contribution in [2.24, 2.45) is 5.92 Å². The highest BCUT2D eigenvalue weighted by atomic mass is 16.7. The van der Waals surface area contributed by atoms with Crippen molar-refractivity contribution in [2.75, 3.05) is 26.7 Å². The lowest BCUT2D eigenvalue weighted by atomic mass is 9.77. The molecule has 8 N–H and O–H groups in total. The van der Waals surface area contributed by atoms with Crippen LogP contribution in [0.4, 0.5) is 36.2 Å². The summed E-state index contributed by atoms with van der Waals surface area (Å²) >= 11 is 0. The molecule has 2 fully saturated rings. The summed E-state index contributed by atoms with van der Waals surface area (Å²) in [7, 11) is 1.29. The number of likely N-dealkylation sites (N-methyl/N-ethyl adjacent to an activating group) is 1. The van der Waals surface area contributed by atoms with E-state index >= 15 is 0 Å². The number of rotatable bonds is 23. The van der Waals surface area contributed by atoms with E-state index in [4.69, 9.17) is 37.9 Å². The van der Waals surface area contributed by atoms with Crippen LogP contribution in [-0.4, -0.2) is 170 Å². The summed E-state index contributed by atoms with van der Waals surface area (Å²) < 4.78 is 47.4. The van der Waals surface area contributed by atoms with Crippen LogP contribution in [0.1, 0.15) is 77.5 Å². The summed E-state index contributed by atoms with van der Waals surface area (Å²) in [5.74, 6) is -2.40. The molecule has 0 unspecified atom stereocenters. The molecule has 2 aliphatic heterocycles. The van der Waals surface area contributed by atoms with E-state index < -0.39 is 149 Å². The monoisotopic (exact) mass is 1230 g/mol. The number of nitrogens with zero attached hydrogens (tertiary/aromatic N) is 4. The van der Waals surface area contributed by atoms with Gasteiger partial charge in [-0.05, 0) is 106 Å². The molecule has 3 aromatic carbocycles. The Morgan fingerprint density at radius 1 is 0.724 bits per heavy atom. The number of aliphatic hydroxyl groups excluding tert-OH is 2. The average Bonchev–Trinajstić information content (AvgIpc) is 0.866. The Labute approximate surface area is 497 Å². The van der Waals surface area contributed by atoms with Crippen LogP contribution in [0.3, 0.4) is 0 Å². The standard InChI is InChI=1S/C55H71N9O23/c1-30-44(86-49-43(67)46(55(6,73)29-83-49)61(7)53(72)87-54(3,4)5)40(58-47(68)42(66)22-23-56-50(69)80-26-32-8-14-35(15-9-32)62(74)75)24-41(60-52(71)82-28-34-12-18-37(19-13-34)64(78)79)45(30)85-48-39(21-20-38(84-48)25-57-31(2)65)59-51(70)81-27-33-10-16-36(17-11-33)63(76)77/h8-20,30,39-46,48-49,66-67,73H,21-29H2,1-7H3,(H,56,69)(H,57,65)(H,58,68)(H,59,70)(H,60,71)/t30-,39-,40-,41+,42+,43-,44-,45+,46-,48-,49-,55+/m1/s1. The minimum atomic E-state index is -1.92. The highest BCUT2D eigenvalue weighted by Crippen LogP contribution is 2.37. The number of hydrogen-bond donors (Lipinski definition) is 8. The van der Waals surface area contributed by atoms with Crippen molar-refractivity contribution in [3.63, 3.8) is 0 Å². The minimum absolute atomic E-state index is 0.0137. The van der Waals surface area contributed by atoms with Gasteiger partial charge in [-0.2, -0.15) is 0 Å². The van der Waals surface area contributed by atoms with Gasteiger partial charge in [0.1, 0.15) is 49.0 Å². The van der Waals surface area contributed by atoms with Gasteiger partial charge in [-0.15, -0.1) is 0 Å². The fourth-order valence-electron chi connectivity index (χ4n) is 9.63. The molecule has 32 heteroatoms. The van der Waals surface area contributed by atoms with E-state index in [1.54, 1.807) is 33.8 Å². The number of aliphatic hydroxyl groups is 3. The van der Waals surface area contributed by atoms with E-state index in [1.165, 1.54) is 93.7 Å². The molecule has 474 valence electrons. The number of nitro benzene ring substituents is 3. The first-order valence-corrected chi connectivity index (χ1v) is 27.3. The number of nitro groups is 3. The van der Waals surface area contributed by atoms with Gasteiger partial charge in [0.25, 0.3) is 17.1 Å². The number of non-ortho nitro benzene ring substituents is 3. The Hall–Kier alpha value is -8.82. The third kappa shape index (κ3) is 19.6. The maximum atomic E-state index is 14.1. The predicted molar refractivity (Wildman–Crippen MR) is 298 cm³/mol. The first kappa shape index (κ1) is 67.3. The third-order valence-corrected chi connectivity index (χ3v) is 14.0. The summed E-state index contributed by atoms with van der Waals surface area (Å²) in [5, 5.41) is 81.7. The van der Waals surface area contributed by atoms with Gasteiger partial charge in [-0.25, -0.2) is 19.2 Å². The molecule has 0 spiro atoms. The molecule has 0 radical (unpaired) electrons. The molecule has 87 heavy (non-hydrogen) atoms. The lowest BCUT2D eigenvalue weighted by Crippen LogP contribution is -2.69. The quantitative estimate of drug-likeness (QED) is 0.0381. The van der Waals surface area contributed by atoms with Crippen molar-refractivity contribution < 1.29 is 96.8 Å². The largest absolute Gasteiger partial charge is 0.465 e. The van der Waals surface area contributed by atoms with Crippen LogP contribution < -0.4 is 26.6 Å². The lowest BCUT2D eigenvalue weighted by Gasteiger charge is -2.51. The van der Waals surface area contributed by atoms with E-state index in [0.29, 0.717) is 16.7 Å². The van der Waals surface area contributed by atoms with Crippen molar-refractivity contribution in [1.29, 1.82) is 0 Å². The van der Waals surface area contributed by atoms with Crippen LogP contribution in [0.25, 0.3) is 0 Å². The lowest BCUT2D eigenvalue weighted by molar-refractivity contribution is -0.385. The Morgan fingerprint density at radius 3 is 1.66 bits per heavy atom. The molecule has 32 nitrogen and oxygen atoms in total. The van der Waals surface area contributed by atoms with Crippen LogP contribution in [0.5, 0.6) is 0 Å². The molecule has 3 aliphatic rings. The molecule has 0 aromatic heterocycles. The maximum Gasteiger partial charge on any atom is 0.410 e. The van der Waals surface area contributed by atoms with Crippen molar-refractivity contribution in [1.82, 2.24) is 31.5 Å². The second kappa shape index (κ2) is 30.0. The zero-order valence-electron chi connectivity index (χ0n) is 48.5. The molecule has 6 amide bonds. The number of alkyl carbamates (subject to hydrolysis) is 3. The number of amides is 6. The number of carbonyl (C=O) groups is 6. The Morgan fingerprint density at radius 2 is 1.18 bits per heavy atom. The van der Waals surface area contributed by atoms with Crippen LogP contribution in [0.15, 0.2) is 84.6 Å². The molecule has 1 aliphatic carbocycles. The van der Waals surface area contributed by atoms with Crippen LogP contribution in [0.2, 0.25) is 0 Å². The average molecular weight is 1230 g/mol. The molecule has 3 aromatic rings. The molecule has 2 heterocycles. The number of hydrogen-bond acceptors (Lipinski definition) is 23. The molecule has 12 atom stereocenters. The smallest absolute Gasteiger partial charge is 0.410 e. The SMILES string of the molecule is CC(=O)NCC1=CC[C@@H](NC(=O)OCc2ccc([N+](=O)[O-])cc2)[C@@H](O[C@H]2[C@H](C)[C@@H](O[C@H]3OC[C@](C)(O)[C@H](N(C)C(=O)OC(C)(C)C)[C@H]3O)[C@H](NC(=O)[C@@H](O)CCNC(=O)OCc3ccc([N+](=O)[O-])cc3)C[C@@H]2NC(=O)OCc2ccc([N+](=O)[O-])cc2)O1. The highest BCUT2D eigenvalue weighted by molar-refractivity contribution is 5.81. The first-order valence-electron chi connectivity index (χ1n) is 27.3. The van der Waals surface area contributed by atoms with Crippen molar-refractivity contribution in [3.05, 3.63) is 132 Å². The number of ether oxygens (including phenoxy) is 8. The normalized spacial score (nSPS) is 24.6. The molecular formula is C55H71N9O23. The first-order chi connectivity index (χ1) is 41.0. The minimum Gasteiger partial charge on any atom is -0.465 e. The highest BCUT2D eigenvalue weighted by Gasteiger charge is 2.54. The van der Waals surface area contributed by atoms with Crippen LogP contribution in [0, 0.1) is 36.3 Å². The van der Waals surface area contributed by atoms with Crippen molar-refractivity contribution in [3.8, 4) is 0 Å². The molecule has 6 rings (SSSR count). The third-order valence-electron chi connectivity index (χ3n) is 14.0. The summed E-state index contributed by atoms with van der Waals surface area (Å²) in [4.78, 5) is 112.